The molecule has 0 aliphatic carbocycles. The van der Waals surface area contributed by atoms with E-state index in [-0.39, 0.29) is 24.6 Å². The topological polar surface area (TPSA) is 78.5 Å². The summed E-state index contributed by atoms with van der Waals surface area (Å²) in [6.07, 6.45) is -4.44. The molecule has 0 saturated heterocycles. The van der Waals surface area contributed by atoms with Crippen molar-refractivity contribution in [1.29, 1.82) is 0 Å². The van der Waals surface area contributed by atoms with Gasteiger partial charge >= 0.3 is 6.18 Å². The van der Waals surface area contributed by atoms with Gasteiger partial charge in [-0.15, -0.1) is 0 Å². The second-order valence-corrected chi connectivity index (χ2v) is 3.51. The van der Waals surface area contributed by atoms with Gasteiger partial charge in [0.05, 0.1) is 36.2 Å². The maximum absolute atomic E-state index is 12.3. The number of nitrogens with one attached hydrogen (secondary N) is 1. The SMILES string of the molecule is Nc1cc(C(F)(F)F)ccc1NC(CO)CO. The summed E-state index contributed by atoms with van der Waals surface area (Å²) < 4.78 is 37.0. The van der Waals surface area contributed by atoms with E-state index in [0.717, 1.165) is 18.2 Å². The number of benzene rings is 1. The van der Waals surface area contributed by atoms with E-state index >= 15 is 0 Å². The predicted molar refractivity (Wildman–Crippen MR) is 57.4 cm³/mol. The van der Waals surface area contributed by atoms with Gasteiger partial charge < -0.3 is 21.3 Å². The number of hydrogen-bond acceptors (Lipinski definition) is 4. The van der Waals surface area contributed by atoms with E-state index in [0.29, 0.717) is 0 Å². The Hall–Kier alpha value is -1.47. The average molecular weight is 250 g/mol. The summed E-state index contributed by atoms with van der Waals surface area (Å²) in [5.74, 6) is 0. The number of rotatable bonds is 4. The maximum atomic E-state index is 12.3. The second kappa shape index (κ2) is 5.24. The average Bonchev–Trinajstić information content (AvgIpc) is 2.26. The van der Waals surface area contributed by atoms with Crippen molar-refractivity contribution in [1.82, 2.24) is 0 Å². The van der Waals surface area contributed by atoms with E-state index in [2.05, 4.69) is 5.32 Å². The monoisotopic (exact) mass is 250 g/mol. The highest BCUT2D eigenvalue weighted by Crippen LogP contribution is 2.32. The molecule has 1 aromatic carbocycles. The zero-order valence-electron chi connectivity index (χ0n) is 8.83. The molecule has 0 spiro atoms. The van der Waals surface area contributed by atoms with Crippen LogP contribution in [0.1, 0.15) is 5.56 Å². The first-order valence-electron chi connectivity index (χ1n) is 4.83. The van der Waals surface area contributed by atoms with E-state index in [1.54, 1.807) is 0 Å². The molecule has 0 unspecified atom stereocenters. The van der Waals surface area contributed by atoms with Gasteiger partial charge in [-0.05, 0) is 18.2 Å². The number of hydrogen-bond donors (Lipinski definition) is 4. The third-order valence-electron chi connectivity index (χ3n) is 2.18. The molecule has 0 heterocycles. The summed E-state index contributed by atoms with van der Waals surface area (Å²) in [5.41, 5.74) is 4.76. The van der Waals surface area contributed by atoms with E-state index in [1.807, 2.05) is 0 Å². The Morgan fingerprint density at radius 3 is 2.24 bits per heavy atom. The molecule has 0 aliphatic heterocycles. The number of nitrogens with two attached hydrogens (primary N) is 1. The zero-order valence-corrected chi connectivity index (χ0v) is 8.83. The summed E-state index contributed by atoms with van der Waals surface area (Å²) in [5, 5.41) is 20.3. The van der Waals surface area contributed by atoms with E-state index in [9.17, 15) is 13.2 Å². The van der Waals surface area contributed by atoms with Crippen LogP contribution < -0.4 is 11.1 Å². The lowest BCUT2D eigenvalue weighted by molar-refractivity contribution is -0.137. The van der Waals surface area contributed by atoms with Crippen molar-refractivity contribution in [3.63, 3.8) is 0 Å². The molecular weight excluding hydrogens is 237 g/mol. The lowest BCUT2D eigenvalue weighted by Gasteiger charge is -2.17. The molecule has 0 radical (unpaired) electrons. The Morgan fingerprint density at radius 1 is 1.24 bits per heavy atom. The second-order valence-electron chi connectivity index (χ2n) is 3.51. The van der Waals surface area contributed by atoms with E-state index in [4.69, 9.17) is 15.9 Å². The molecule has 0 aliphatic rings. The Balaban J connectivity index is 2.90. The van der Waals surface area contributed by atoms with Crippen LogP contribution in [0.5, 0.6) is 0 Å². The summed E-state index contributed by atoms with van der Waals surface area (Å²) >= 11 is 0. The molecule has 0 fully saturated rings. The van der Waals surface area contributed by atoms with Crippen LogP contribution in [0, 0.1) is 0 Å². The minimum Gasteiger partial charge on any atom is -0.397 e. The summed E-state index contributed by atoms with van der Waals surface area (Å²) in [7, 11) is 0. The summed E-state index contributed by atoms with van der Waals surface area (Å²) in [6.45, 7) is -0.700. The van der Waals surface area contributed by atoms with Gasteiger partial charge in [-0.25, -0.2) is 0 Å². The molecule has 1 rings (SSSR count). The fourth-order valence-electron chi connectivity index (χ4n) is 1.24. The van der Waals surface area contributed by atoms with Gasteiger partial charge in [0.2, 0.25) is 0 Å². The third-order valence-corrected chi connectivity index (χ3v) is 2.18. The third kappa shape index (κ3) is 3.50. The zero-order chi connectivity index (χ0) is 13.1. The Labute approximate surface area is 95.9 Å². The first-order chi connectivity index (χ1) is 7.88. The maximum Gasteiger partial charge on any atom is 0.416 e. The van der Waals surface area contributed by atoms with Gasteiger partial charge in [0.1, 0.15) is 0 Å². The molecule has 96 valence electrons. The molecule has 0 aromatic heterocycles. The molecule has 4 nitrogen and oxygen atoms in total. The molecule has 7 heteroatoms. The first kappa shape index (κ1) is 13.6. The summed E-state index contributed by atoms with van der Waals surface area (Å²) in [4.78, 5) is 0. The molecule has 0 saturated carbocycles. The Bertz CT molecular complexity index is 378. The smallest absolute Gasteiger partial charge is 0.397 e. The minimum absolute atomic E-state index is 0.0910. The van der Waals surface area contributed by atoms with Gasteiger partial charge in [0.25, 0.3) is 0 Å². The number of alkyl halides is 3. The van der Waals surface area contributed by atoms with Gasteiger partial charge in [0, 0.05) is 0 Å². The van der Waals surface area contributed by atoms with Crippen LogP contribution in [0.4, 0.5) is 24.5 Å². The van der Waals surface area contributed by atoms with Crippen LogP contribution in [0.15, 0.2) is 18.2 Å². The first-order valence-corrected chi connectivity index (χ1v) is 4.83. The van der Waals surface area contributed by atoms with E-state index in [1.165, 1.54) is 0 Å². The largest absolute Gasteiger partial charge is 0.416 e. The van der Waals surface area contributed by atoms with Crippen molar-refractivity contribution in [2.45, 2.75) is 12.2 Å². The lowest BCUT2D eigenvalue weighted by atomic mass is 10.1. The lowest BCUT2D eigenvalue weighted by Crippen LogP contribution is -2.28. The molecule has 0 atom stereocenters. The van der Waals surface area contributed by atoms with Gasteiger partial charge in [0.15, 0.2) is 0 Å². The van der Waals surface area contributed by atoms with E-state index < -0.39 is 17.8 Å². The Morgan fingerprint density at radius 2 is 1.82 bits per heavy atom. The molecular formula is C10H13F3N2O2. The van der Waals surface area contributed by atoms with Crippen LogP contribution in [0.3, 0.4) is 0 Å². The van der Waals surface area contributed by atoms with Gasteiger partial charge in [-0.2, -0.15) is 13.2 Å². The number of halogens is 3. The molecule has 17 heavy (non-hydrogen) atoms. The highest BCUT2D eigenvalue weighted by atomic mass is 19.4. The molecule has 0 amide bonds. The minimum atomic E-state index is -4.44. The number of aliphatic hydroxyl groups is 2. The van der Waals surface area contributed by atoms with Crippen molar-refractivity contribution in [3.8, 4) is 0 Å². The van der Waals surface area contributed by atoms with Crippen LogP contribution >= 0.6 is 0 Å². The van der Waals surface area contributed by atoms with Crippen LogP contribution in [0.2, 0.25) is 0 Å². The molecule has 0 bridgehead atoms. The fraction of sp³-hybridized carbons (Fsp3) is 0.400. The molecule has 5 N–H and O–H groups in total. The fourth-order valence-corrected chi connectivity index (χ4v) is 1.24. The summed E-state index contributed by atoms with van der Waals surface area (Å²) in [6, 6.07) is 2.18. The van der Waals surface area contributed by atoms with Gasteiger partial charge in [-0.3, -0.25) is 0 Å². The van der Waals surface area contributed by atoms with Crippen LogP contribution in [-0.2, 0) is 6.18 Å². The van der Waals surface area contributed by atoms with Crippen molar-refractivity contribution in [2.75, 3.05) is 24.3 Å². The Kier molecular flexibility index (Phi) is 4.19. The van der Waals surface area contributed by atoms with Crippen LogP contribution in [-0.4, -0.2) is 29.5 Å². The van der Waals surface area contributed by atoms with Crippen molar-refractivity contribution < 1.29 is 23.4 Å². The van der Waals surface area contributed by atoms with Crippen molar-refractivity contribution >= 4 is 11.4 Å². The molecule has 1 aromatic rings. The number of nitrogen functional groups attached to an aromatic ring is 1. The van der Waals surface area contributed by atoms with Gasteiger partial charge in [-0.1, -0.05) is 0 Å². The standard InChI is InChI=1S/C10H13F3N2O2/c11-10(12,13)6-1-2-9(8(14)3-6)15-7(4-16)5-17/h1-3,7,15-17H,4-5,14H2. The van der Waals surface area contributed by atoms with Crippen LogP contribution in [0.25, 0.3) is 0 Å². The number of anilines is 2. The quantitative estimate of drug-likeness (QED) is 0.602. The normalized spacial score (nSPS) is 11.9. The van der Waals surface area contributed by atoms with Crippen molar-refractivity contribution in [3.05, 3.63) is 23.8 Å². The van der Waals surface area contributed by atoms with Crippen molar-refractivity contribution in [2.24, 2.45) is 0 Å². The number of aliphatic hydroxyl groups excluding tert-OH is 2. The highest BCUT2D eigenvalue weighted by molar-refractivity contribution is 5.67. The highest BCUT2D eigenvalue weighted by Gasteiger charge is 2.30. The predicted octanol–water partition coefficient (Wildman–Crippen LogP) is 1.05.